The van der Waals surface area contributed by atoms with Gasteiger partial charge < -0.3 is 9.47 Å². The van der Waals surface area contributed by atoms with Crippen molar-refractivity contribution in [3.8, 4) is 5.75 Å². The molecule has 17 heavy (non-hydrogen) atoms. The summed E-state index contributed by atoms with van der Waals surface area (Å²) in [7, 11) is 0. The van der Waals surface area contributed by atoms with E-state index in [2.05, 4.69) is 15.9 Å². The van der Waals surface area contributed by atoms with Crippen molar-refractivity contribution >= 4 is 21.6 Å². The average molecular weight is 300 g/mol. The lowest BCUT2D eigenvalue weighted by Gasteiger charge is -2.29. The number of hydrogen-bond donors (Lipinski definition) is 0. The van der Waals surface area contributed by atoms with Crippen molar-refractivity contribution < 1.29 is 14.4 Å². The fourth-order valence-corrected chi connectivity index (χ4v) is 2.73. The Morgan fingerprint density at radius 3 is 2.82 bits per heavy atom. The Bertz CT molecular complexity index is 528. The van der Waals surface area contributed by atoms with E-state index in [-0.39, 0.29) is 17.9 Å². The maximum absolute atomic E-state index is 10.8. The molecular formula is C11H10BrNO4. The van der Waals surface area contributed by atoms with Crippen LogP contribution in [-0.2, 0) is 4.74 Å². The molecule has 1 aromatic rings. The summed E-state index contributed by atoms with van der Waals surface area (Å²) in [6.07, 6.45) is 0.0502. The summed E-state index contributed by atoms with van der Waals surface area (Å²) in [5.74, 6) is 0.545. The average Bonchev–Trinajstić information content (AvgIpc) is 2.98. The molecule has 0 bridgehead atoms. The zero-order valence-electron chi connectivity index (χ0n) is 9.27. The van der Waals surface area contributed by atoms with Gasteiger partial charge >= 0.3 is 0 Å². The Kier molecular flexibility index (Phi) is 2.07. The molecule has 6 heteroatoms. The van der Waals surface area contributed by atoms with Crippen molar-refractivity contribution in [1.82, 2.24) is 0 Å². The van der Waals surface area contributed by atoms with E-state index in [4.69, 9.17) is 9.47 Å². The lowest BCUT2D eigenvalue weighted by molar-refractivity contribution is -0.385. The van der Waals surface area contributed by atoms with Gasteiger partial charge in [0.25, 0.3) is 5.69 Å². The minimum Gasteiger partial charge on any atom is -0.484 e. The topological polar surface area (TPSA) is 64.9 Å². The number of nitrogens with zero attached hydrogens (tertiary/aromatic N) is 1. The molecule has 3 rings (SSSR count). The number of nitro benzene ring substituents is 1. The van der Waals surface area contributed by atoms with E-state index in [1.807, 2.05) is 13.8 Å². The highest BCUT2D eigenvalue weighted by Gasteiger charge is 2.57. The molecular weight excluding hydrogens is 290 g/mol. The van der Waals surface area contributed by atoms with Crippen LogP contribution in [0, 0.1) is 10.1 Å². The van der Waals surface area contributed by atoms with Gasteiger partial charge in [0.1, 0.15) is 23.6 Å². The Balaban J connectivity index is 2.12. The number of nitro groups is 1. The van der Waals surface area contributed by atoms with Crippen LogP contribution in [-0.4, -0.2) is 16.6 Å². The first kappa shape index (κ1) is 11.0. The summed E-state index contributed by atoms with van der Waals surface area (Å²) in [5.41, 5.74) is 0.463. The molecule has 0 spiro atoms. The Labute approximate surface area is 106 Å². The van der Waals surface area contributed by atoms with Gasteiger partial charge in [-0.3, -0.25) is 10.1 Å². The quantitative estimate of drug-likeness (QED) is 0.454. The number of benzene rings is 1. The van der Waals surface area contributed by atoms with Crippen molar-refractivity contribution in [1.29, 1.82) is 0 Å². The summed E-state index contributed by atoms with van der Waals surface area (Å²) in [6.45, 7) is 3.85. The monoisotopic (exact) mass is 299 g/mol. The molecule has 2 aliphatic rings. The number of epoxide rings is 1. The summed E-state index contributed by atoms with van der Waals surface area (Å²) >= 11 is 3.20. The van der Waals surface area contributed by atoms with Gasteiger partial charge in [-0.2, -0.15) is 0 Å². The summed E-state index contributed by atoms with van der Waals surface area (Å²) in [6, 6.07) is 3.17. The first-order valence-corrected chi connectivity index (χ1v) is 6.02. The minimum atomic E-state index is -0.431. The van der Waals surface area contributed by atoms with Gasteiger partial charge in [-0.05, 0) is 35.8 Å². The lowest BCUT2D eigenvalue weighted by Crippen LogP contribution is -2.37. The largest absolute Gasteiger partial charge is 0.484 e. The molecule has 2 heterocycles. The molecule has 0 aliphatic carbocycles. The molecule has 5 nitrogen and oxygen atoms in total. The van der Waals surface area contributed by atoms with E-state index in [0.29, 0.717) is 10.2 Å². The summed E-state index contributed by atoms with van der Waals surface area (Å²) < 4.78 is 11.8. The zero-order valence-corrected chi connectivity index (χ0v) is 10.9. The maximum atomic E-state index is 10.8. The predicted molar refractivity (Wildman–Crippen MR) is 63.1 cm³/mol. The minimum absolute atomic E-state index is 0.00542. The molecule has 1 fully saturated rings. The van der Waals surface area contributed by atoms with Crippen molar-refractivity contribution in [2.45, 2.75) is 31.7 Å². The number of fused-ring (bicyclic) bond motifs is 3. The second-order valence-electron chi connectivity index (χ2n) is 4.78. The number of halogens is 1. The van der Waals surface area contributed by atoms with E-state index in [0.717, 1.165) is 5.56 Å². The van der Waals surface area contributed by atoms with Crippen molar-refractivity contribution in [3.05, 3.63) is 32.3 Å². The Morgan fingerprint density at radius 2 is 2.18 bits per heavy atom. The highest BCUT2D eigenvalue weighted by atomic mass is 79.9. The van der Waals surface area contributed by atoms with Gasteiger partial charge in [0, 0.05) is 5.56 Å². The van der Waals surface area contributed by atoms with Crippen LogP contribution in [0.25, 0.3) is 0 Å². The van der Waals surface area contributed by atoms with Crippen LogP contribution in [0.3, 0.4) is 0 Å². The molecule has 0 N–H and O–H groups in total. The van der Waals surface area contributed by atoms with Crippen LogP contribution in [0.5, 0.6) is 5.75 Å². The Morgan fingerprint density at radius 1 is 1.47 bits per heavy atom. The molecule has 0 aromatic heterocycles. The first-order valence-electron chi connectivity index (χ1n) is 5.22. The van der Waals surface area contributed by atoms with Crippen LogP contribution in [0.4, 0.5) is 5.69 Å². The molecule has 1 aromatic carbocycles. The van der Waals surface area contributed by atoms with Crippen molar-refractivity contribution in [3.63, 3.8) is 0 Å². The zero-order chi connectivity index (χ0) is 12.4. The van der Waals surface area contributed by atoms with E-state index < -0.39 is 10.5 Å². The van der Waals surface area contributed by atoms with E-state index in [1.54, 1.807) is 6.07 Å². The van der Waals surface area contributed by atoms with Crippen LogP contribution < -0.4 is 4.74 Å². The highest BCUT2D eigenvalue weighted by molar-refractivity contribution is 9.10. The molecule has 90 valence electrons. The van der Waals surface area contributed by atoms with Crippen LogP contribution in [0.15, 0.2) is 16.6 Å². The molecule has 2 unspecified atom stereocenters. The maximum Gasteiger partial charge on any atom is 0.287 e. The molecule has 0 saturated carbocycles. The third-order valence-electron chi connectivity index (χ3n) is 3.13. The van der Waals surface area contributed by atoms with Gasteiger partial charge in [0.15, 0.2) is 0 Å². The number of rotatable bonds is 1. The van der Waals surface area contributed by atoms with E-state index in [1.165, 1.54) is 6.07 Å². The molecule has 0 amide bonds. The van der Waals surface area contributed by atoms with Crippen molar-refractivity contribution in [2.75, 3.05) is 0 Å². The fourth-order valence-electron chi connectivity index (χ4n) is 2.23. The molecule has 0 radical (unpaired) electrons. The first-order chi connectivity index (χ1) is 7.90. The van der Waals surface area contributed by atoms with Gasteiger partial charge in [0.2, 0.25) is 0 Å². The summed E-state index contributed by atoms with van der Waals surface area (Å²) in [5, 5.41) is 10.8. The number of hydrogen-bond acceptors (Lipinski definition) is 4. The van der Waals surface area contributed by atoms with Gasteiger partial charge in [-0.25, -0.2) is 0 Å². The second-order valence-corrected chi connectivity index (χ2v) is 5.64. The van der Waals surface area contributed by atoms with E-state index in [9.17, 15) is 10.1 Å². The molecule has 2 aliphatic heterocycles. The van der Waals surface area contributed by atoms with Gasteiger partial charge in [-0.1, -0.05) is 0 Å². The predicted octanol–water partition coefficient (Wildman–Crippen LogP) is 2.97. The van der Waals surface area contributed by atoms with Crippen LogP contribution in [0.2, 0.25) is 0 Å². The van der Waals surface area contributed by atoms with Gasteiger partial charge in [0.05, 0.1) is 15.5 Å². The van der Waals surface area contributed by atoms with Gasteiger partial charge in [-0.15, -0.1) is 0 Å². The van der Waals surface area contributed by atoms with E-state index >= 15 is 0 Å². The standard InChI is InChI=1S/C11H10BrNO4/c1-11(2)10-9(16-10)5-3-6(12)7(13(14)15)4-8(5)17-11/h3-4,9-10H,1-2H3. The highest BCUT2D eigenvalue weighted by Crippen LogP contribution is 2.55. The van der Waals surface area contributed by atoms with Crippen LogP contribution >= 0.6 is 15.9 Å². The Hall–Kier alpha value is -1.14. The second kappa shape index (κ2) is 3.20. The third-order valence-corrected chi connectivity index (χ3v) is 3.77. The number of ether oxygens (including phenoxy) is 2. The molecule has 2 atom stereocenters. The normalized spacial score (nSPS) is 27.7. The summed E-state index contributed by atoms with van der Waals surface area (Å²) in [4.78, 5) is 10.4. The lowest BCUT2D eigenvalue weighted by atomic mass is 9.94. The van der Waals surface area contributed by atoms with Crippen LogP contribution in [0.1, 0.15) is 25.5 Å². The SMILES string of the molecule is CC1(C)Oc2cc([N+](=O)[O-])c(Br)cc2C2OC21. The smallest absolute Gasteiger partial charge is 0.287 e. The third kappa shape index (κ3) is 1.55. The van der Waals surface area contributed by atoms with Crippen molar-refractivity contribution in [2.24, 2.45) is 0 Å². The fraction of sp³-hybridized carbons (Fsp3) is 0.455. The molecule has 1 saturated heterocycles.